The molecule has 2 atom stereocenters. The number of ether oxygens (including phenoxy) is 1. The Morgan fingerprint density at radius 2 is 1.70 bits per heavy atom. The van der Waals surface area contributed by atoms with Crippen LogP contribution in [0.15, 0.2) is 66.0 Å². The fraction of sp³-hybridized carbons (Fsp3) is 0.286. The highest BCUT2D eigenvalue weighted by Crippen LogP contribution is 2.34. The molecule has 0 amide bonds. The van der Waals surface area contributed by atoms with Gasteiger partial charge in [-0.2, -0.15) is 13.2 Å². The normalized spacial score (nSPS) is 17.0. The zero-order valence-corrected chi connectivity index (χ0v) is 24.4. The molecule has 1 saturated heterocycles. The number of nitrogens with one attached hydrogen (secondary N) is 2. The van der Waals surface area contributed by atoms with E-state index < -0.39 is 32.9 Å². The van der Waals surface area contributed by atoms with Gasteiger partial charge in [0.25, 0.3) is 10.0 Å². The van der Waals surface area contributed by atoms with Gasteiger partial charge in [0.15, 0.2) is 0 Å². The second kappa shape index (κ2) is 13.0. The molecule has 44 heavy (non-hydrogen) atoms. The largest absolute Gasteiger partial charge is 0.490 e. The minimum Gasteiger partial charge on any atom is -0.480 e. The molecule has 3 heterocycles. The second-order valence-electron chi connectivity index (χ2n) is 9.81. The van der Waals surface area contributed by atoms with E-state index in [2.05, 4.69) is 43.7 Å². The van der Waals surface area contributed by atoms with E-state index in [-0.39, 0.29) is 23.7 Å². The summed E-state index contributed by atoms with van der Waals surface area (Å²) in [4.78, 5) is 24.1. The molecule has 234 valence electrons. The molecule has 0 saturated carbocycles. The first kappa shape index (κ1) is 32.3. The number of anilines is 2. The summed E-state index contributed by atoms with van der Waals surface area (Å²) in [5, 5.41) is 11.4. The highest BCUT2D eigenvalue weighted by molar-refractivity contribution is 7.92. The SMILES string of the molecule is COc1ncc(-c2ccc3ncnc(N4[C@H](C)CNC[C@@H]4C)c3c2)cc1NS(=O)(=O)c1ccccc1F.O=C(O)C(F)(F)F. The van der Waals surface area contributed by atoms with Crippen molar-refractivity contribution < 1.29 is 40.6 Å². The van der Waals surface area contributed by atoms with E-state index in [0.717, 1.165) is 41.4 Å². The van der Waals surface area contributed by atoms with Gasteiger partial charge in [-0.1, -0.05) is 18.2 Å². The number of carbonyl (C=O) groups is 1. The first-order valence-electron chi connectivity index (χ1n) is 13.1. The van der Waals surface area contributed by atoms with E-state index in [1.165, 1.54) is 25.3 Å². The van der Waals surface area contributed by atoms with Crippen molar-refractivity contribution in [3.8, 4) is 17.0 Å². The number of benzene rings is 2. The number of rotatable bonds is 6. The number of hydrogen-bond acceptors (Lipinski definition) is 9. The molecule has 11 nitrogen and oxygen atoms in total. The van der Waals surface area contributed by atoms with Crippen LogP contribution in [0.25, 0.3) is 22.0 Å². The van der Waals surface area contributed by atoms with Gasteiger partial charge in [-0.05, 0) is 49.7 Å². The summed E-state index contributed by atoms with van der Waals surface area (Å²) in [7, 11) is -2.83. The summed E-state index contributed by atoms with van der Waals surface area (Å²) in [5.41, 5.74) is 2.33. The van der Waals surface area contributed by atoms with Gasteiger partial charge < -0.3 is 20.1 Å². The Morgan fingerprint density at radius 3 is 2.32 bits per heavy atom. The number of piperazine rings is 1. The summed E-state index contributed by atoms with van der Waals surface area (Å²) in [6, 6.07) is 13.0. The number of pyridine rings is 1. The van der Waals surface area contributed by atoms with E-state index in [9.17, 15) is 26.0 Å². The topological polar surface area (TPSA) is 147 Å². The summed E-state index contributed by atoms with van der Waals surface area (Å²) >= 11 is 0. The number of carboxylic acid groups (broad SMARTS) is 1. The summed E-state index contributed by atoms with van der Waals surface area (Å²) in [6.07, 6.45) is -1.91. The molecule has 0 unspecified atom stereocenters. The predicted octanol–water partition coefficient (Wildman–Crippen LogP) is 4.46. The number of methoxy groups -OCH3 is 1. The van der Waals surface area contributed by atoms with E-state index in [1.54, 1.807) is 18.6 Å². The van der Waals surface area contributed by atoms with Gasteiger partial charge >= 0.3 is 12.1 Å². The molecular formula is C28H28F4N6O5S. The Balaban J connectivity index is 0.000000566. The summed E-state index contributed by atoms with van der Waals surface area (Å²) in [5.74, 6) is -2.70. The zero-order chi connectivity index (χ0) is 32.2. The lowest BCUT2D eigenvalue weighted by atomic mass is 10.0. The highest BCUT2D eigenvalue weighted by Gasteiger charge is 2.38. The number of aliphatic carboxylic acids is 1. The lowest BCUT2D eigenvalue weighted by Gasteiger charge is -2.40. The molecule has 0 spiro atoms. The van der Waals surface area contributed by atoms with Crippen LogP contribution in [-0.2, 0) is 14.8 Å². The average molecular weight is 637 g/mol. The molecule has 1 fully saturated rings. The van der Waals surface area contributed by atoms with Crippen molar-refractivity contribution in [2.75, 3.05) is 29.8 Å². The average Bonchev–Trinajstić information content (AvgIpc) is 2.96. The number of sulfonamides is 1. The van der Waals surface area contributed by atoms with Crippen LogP contribution in [0.3, 0.4) is 0 Å². The second-order valence-corrected chi connectivity index (χ2v) is 11.5. The summed E-state index contributed by atoms with van der Waals surface area (Å²) in [6.45, 7) is 6.01. The quantitative estimate of drug-likeness (QED) is 0.259. The van der Waals surface area contributed by atoms with Crippen molar-refractivity contribution in [3.63, 3.8) is 0 Å². The third kappa shape index (κ3) is 7.14. The van der Waals surface area contributed by atoms with Gasteiger partial charge in [0.2, 0.25) is 5.88 Å². The highest BCUT2D eigenvalue weighted by atomic mass is 32.2. The molecule has 1 aliphatic heterocycles. The molecule has 3 N–H and O–H groups in total. The van der Waals surface area contributed by atoms with Crippen LogP contribution >= 0.6 is 0 Å². The Bertz CT molecular complexity index is 1760. The number of aromatic nitrogens is 3. The van der Waals surface area contributed by atoms with Crippen LogP contribution < -0.4 is 19.7 Å². The summed E-state index contributed by atoms with van der Waals surface area (Å²) < 4.78 is 79.5. The molecule has 16 heteroatoms. The van der Waals surface area contributed by atoms with Gasteiger partial charge in [-0.25, -0.2) is 32.6 Å². The van der Waals surface area contributed by atoms with Crippen molar-refractivity contribution in [1.29, 1.82) is 0 Å². The van der Waals surface area contributed by atoms with Gasteiger partial charge in [0.1, 0.15) is 28.5 Å². The molecule has 5 rings (SSSR count). The molecular weight excluding hydrogens is 608 g/mol. The van der Waals surface area contributed by atoms with Gasteiger partial charge in [0.05, 0.1) is 12.6 Å². The molecule has 0 aliphatic carbocycles. The number of hydrogen-bond donors (Lipinski definition) is 3. The monoisotopic (exact) mass is 636 g/mol. The molecule has 1 aliphatic rings. The minimum atomic E-state index is -5.08. The molecule has 0 bridgehead atoms. The number of alkyl halides is 3. The van der Waals surface area contributed by atoms with Gasteiger partial charge in [-0.3, -0.25) is 4.72 Å². The number of halogens is 4. The lowest BCUT2D eigenvalue weighted by molar-refractivity contribution is -0.192. The third-order valence-electron chi connectivity index (χ3n) is 6.68. The van der Waals surface area contributed by atoms with Gasteiger partial charge in [0, 0.05) is 42.3 Å². The van der Waals surface area contributed by atoms with Crippen LogP contribution in [0.5, 0.6) is 5.88 Å². The Morgan fingerprint density at radius 1 is 1.05 bits per heavy atom. The fourth-order valence-electron chi connectivity index (χ4n) is 4.69. The first-order chi connectivity index (χ1) is 20.7. The number of carboxylic acids is 1. The van der Waals surface area contributed by atoms with Crippen LogP contribution in [0, 0.1) is 5.82 Å². The maximum absolute atomic E-state index is 14.2. The smallest absolute Gasteiger partial charge is 0.480 e. The maximum Gasteiger partial charge on any atom is 0.490 e. The van der Waals surface area contributed by atoms with Crippen molar-refractivity contribution in [1.82, 2.24) is 20.3 Å². The van der Waals surface area contributed by atoms with Crippen molar-refractivity contribution in [3.05, 3.63) is 66.9 Å². The minimum absolute atomic E-state index is 0.0666. The van der Waals surface area contributed by atoms with Crippen LogP contribution in [0.2, 0.25) is 0 Å². The van der Waals surface area contributed by atoms with Crippen LogP contribution in [0.1, 0.15) is 13.8 Å². The van der Waals surface area contributed by atoms with Crippen LogP contribution in [-0.4, -0.2) is 72.9 Å². The van der Waals surface area contributed by atoms with E-state index in [4.69, 9.17) is 14.6 Å². The lowest BCUT2D eigenvalue weighted by Crippen LogP contribution is -2.55. The van der Waals surface area contributed by atoms with E-state index in [0.29, 0.717) is 5.56 Å². The van der Waals surface area contributed by atoms with Crippen molar-refractivity contribution >= 4 is 38.4 Å². The number of fused-ring (bicyclic) bond motifs is 1. The molecule has 2 aromatic carbocycles. The first-order valence-corrected chi connectivity index (χ1v) is 14.6. The fourth-order valence-corrected chi connectivity index (χ4v) is 5.81. The van der Waals surface area contributed by atoms with Crippen LogP contribution in [0.4, 0.5) is 29.1 Å². The Kier molecular flexibility index (Phi) is 9.53. The van der Waals surface area contributed by atoms with Crippen molar-refractivity contribution in [2.45, 2.75) is 37.0 Å². The Labute approximate surface area is 250 Å². The molecule has 4 aromatic rings. The predicted molar refractivity (Wildman–Crippen MR) is 154 cm³/mol. The van der Waals surface area contributed by atoms with Gasteiger partial charge in [-0.15, -0.1) is 0 Å². The Hall–Kier alpha value is -4.57. The maximum atomic E-state index is 14.2. The molecule has 0 radical (unpaired) electrons. The standard InChI is InChI=1S/C26H27FN6O3S.C2HF3O2/c1-16-12-28-13-17(2)33(16)25-20-10-18(8-9-22(20)30-15-31-25)19-11-23(26(36-3)29-14-19)32-37(34,35)24-7-5-4-6-21(24)27;3-2(4,5)1(6)7/h4-11,14-17,28,32H,12-13H2,1-3H3;(H,6,7)/t16-,17+;. The van der Waals surface area contributed by atoms with E-state index in [1.807, 2.05) is 18.2 Å². The zero-order valence-electron chi connectivity index (χ0n) is 23.6. The van der Waals surface area contributed by atoms with Crippen molar-refractivity contribution in [2.24, 2.45) is 0 Å². The molecule has 2 aromatic heterocycles. The number of nitrogens with zero attached hydrogens (tertiary/aromatic N) is 4. The van der Waals surface area contributed by atoms with E-state index >= 15 is 0 Å². The third-order valence-corrected chi connectivity index (χ3v) is 8.08.